The fourth-order valence-corrected chi connectivity index (χ4v) is 1.96. The number of rotatable bonds is 3. The molecule has 19 heavy (non-hydrogen) atoms. The standard InChI is InChI=1S/C15H17N3S/c1-11-5-4-7-13(9-11)18-15(19)17-10-12-6-2-3-8-14(12)16/h2-9H,10,16H2,1H3,(H2,17,18,19). The molecule has 0 saturated carbocycles. The maximum absolute atomic E-state index is 5.88. The van der Waals surface area contributed by atoms with Crippen LogP contribution in [0.4, 0.5) is 11.4 Å². The minimum absolute atomic E-state index is 0.592. The Kier molecular flexibility index (Phi) is 4.36. The summed E-state index contributed by atoms with van der Waals surface area (Å²) in [6.45, 7) is 2.66. The van der Waals surface area contributed by atoms with Gasteiger partial charge in [0.1, 0.15) is 0 Å². The number of aryl methyl sites for hydroxylation is 1. The molecule has 4 N–H and O–H groups in total. The summed E-state index contributed by atoms with van der Waals surface area (Å²) in [4.78, 5) is 0. The van der Waals surface area contributed by atoms with E-state index in [4.69, 9.17) is 18.0 Å². The molecule has 0 heterocycles. The van der Waals surface area contributed by atoms with Crippen LogP contribution in [0.25, 0.3) is 0 Å². The molecule has 0 amide bonds. The Bertz CT molecular complexity index is 581. The molecule has 0 radical (unpaired) electrons. The van der Waals surface area contributed by atoms with E-state index in [0.29, 0.717) is 11.7 Å². The number of anilines is 2. The third kappa shape index (κ3) is 3.96. The Hall–Kier alpha value is -2.07. The third-order valence-corrected chi connectivity index (χ3v) is 3.02. The lowest BCUT2D eigenvalue weighted by molar-refractivity contribution is 0.928. The largest absolute Gasteiger partial charge is 0.398 e. The van der Waals surface area contributed by atoms with Gasteiger partial charge in [-0.05, 0) is 48.5 Å². The van der Waals surface area contributed by atoms with Gasteiger partial charge in [-0.25, -0.2) is 0 Å². The van der Waals surface area contributed by atoms with E-state index in [1.807, 2.05) is 55.5 Å². The highest BCUT2D eigenvalue weighted by Crippen LogP contribution is 2.11. The van der Waals surface area contributed by atoms with E-state index < -0.39 is 0 Å². The zero-order valence-electron chi connectivity index (χ0n) is 10.8. The molecule has 2 aromatic rings. The van der Waals surface area contributed by atoms with Gasteiger partial charge in [0.05, 0.1) is 0 Å². The first-order chi connectivity index (χ1) is 9.15. The van der Waals surface area contributed by atoms with Crippen molar-refractivity contribution in [3.63, 3.8) is 0 Å². The monoisotopic (exact) mass is 271 g/mol. The molecule has 0 saturated heterocycles. The first-order valence-electron chi connectivity index (χ1n) is 6.10. The third-order valence-electron chi connectivity index (χ3n) is 2.77. The molecule has 2 rings (SSSR count). The average molecular weight is 271 g/mol. The van der Waals surface area contributed by atoms with Crippen LogP contribution in [-0.2, 0) is 6.54 Å². The molecule has 0 atom stereocenters. The zero-order valence-corrected chi connectivity index (χ0v) is 11.6. The summed E-state index contributed by atoms with van der Waals surface area (Å²) in [5.41, 5.74) is 9.86. The second-order valence-corrected chi connectivity index (χ2v) is 4.78. The zero-order chi connectivity index (χ0) is 13.7. The molecular weight excluding hydrogens is 254 g/mol. The molecule has 0 aliphatic heterocycles. The van der Waals surface area contributed by atoms with E-state index in [9.17, 15) is 0 Å². The molecule has 4 heteroatoms. The summed E-state index contributed by atoms with van der Waals surface area (Å²) in [7, 11) is 0. The van der Waals surface area contributed by atoms with Gasteiger partial charge >= 0.3 is 0 Å². The lowest BCUT2D eigenvalue weighted by atomic mass is 10.2. The Balaban J connectivity index is 1.90. The molecule has 3 nitrogen and oxygen atoms in total. The molecule has 0 aliphatic rings. The van der Waals surface area contributed by atoms with Crippen molar-refractivity contribution in [2.24, 2.45) is 0 Å². The Morgan fingerprint density at radius 2 is 1.95 bits per heavy atom. The van der Waals surface area contributed by atoms with Crippen LogP contribution in [0.3, 0.4) is 0 Å². The molecule has 0 bridgehead atoms. The lowest BCUT2D eigenvalue weighted by Crippen LogP contribution is -2.28. The van der Waals surface area contributed by atoms with Crippen molar-refractivity contribution in [3.05, 3.63) is 59.7 Å². The van der Waals surface area contributed by atoms with Gasteiger partial charge in [-0.3, -0.25) is 0 Å². The molecule has 0 spiro atoms. The van der Waals surface area contributed by atoms with Crippen LogP contribution in [0.5, 0.6) is 0 Å². The van der Waals surface area contributed by atoms with Crippen LogP contribution in [0, 0.1) is 6.92 Å². The molecule has 0 aliphatic carbocycles. The van der Waals surface area contributed by atoms with E-state index in [1.165, 1.54) is 5.56 Å². The van der Waals surface area contributed by atoms with Crippen molar-refractivity contribution < 1.29 is 0 Å². The van der Waals surface area contributed by atoms with Crippen LogP contribution in [-0.4, -0.2) is 5.11 Å². The number of thiocarbonyl (C=S) groups is 1. The minimum atomic E-state index is 0.592. The van der Waals surface area contributed by atoms with E-state index in [-0.39, 0.29) is 0 Å². The smallest absolute Gasteiger partial charge is 0.171 e. The van der Waals surface area contributed by atoms with E-state index in [0.717, 1.165) is 16.9 Å². The first kappa shape index (κ1) is 13.4. The summed E-state index contributed by atoms with van der Waals surface area (Å²) in [6, 6.07) is 15.8. The lowest BCUT2D eigenvalue weighted by Gasteiger charge is -2.12. The SMILES string of the molecule is Cc1cccc(NC(=S)NCc2ccccc2N)c1. The highest BCUT2D eigenvalue weighted by atomic mass is 32.1. The van der Waals surface area contributed by atoms with Crippen molar-refractivity contribution in [3.8, 4) is 0 Å². The highest BCUT2D eigenvalue weighted by molar-refractivity contribution is 7.80. The van der Waals surface area contributed by atoms with Crippen LogP contribution >= 0.6 is 12.2 Å². The van der Waals surface area contributed by atoms with Gasteiger partial charge in [-0.2, -0.15) is 0 Å². The number of nitrogens with one attached hydrogen (secondary N) is 2. The van der Waals surface area contributed by atoms with Gasteiger partial charge < -0.3 is 16.4 Å². The minimum Gasteiger partial charge on any atom is -0.398 e. The van der Waals surface area contributed by atoms with Crippen LogP contribution in [0.2, 0.25) is 0 Å². The number of benzene rings is 2. The summed E-state index contributed by atoms with van der Waals surface area (Å²) in [5, 5.41) is 6.89. The summed E-state index contributed by atoms with van der Waals surface area (Å²) >= 11 is 5.26. The molecular formula is C15H17N3S. The first-order valence-corrected chi connectivity index (χ1v) is 6.51. The normalized spacial score (nSPS) is 9.95. The van der Waals surface area contributed by atoms with E-state index >= 15 is 0 Å². The maximum atomic E-state index is 5.88. The van der Waals surface area contributed by atoms with E-state index in [2.05, 4.69) is 10.6 Å². The average Bonchev–Trinajstić information content (AvgIpc) is 2.38. The van der Waals surface area contributed by atoms with Crippen LogP contribution in [0.1, 0.15) is 11.1 Å². The van der Waals surface area contributed by atoms with Crippen molar-refractivity contribution >= 4 is 28.7 Å². The second kappa shape index (κ2) is 6.20. The predicted octanol–water partition coefficient (Wildman–Crippen LogP) is 3.06. The van der Waals surface area contributed by atoms with Crippen LogP contribution < -0.4 is 16.4 Å². The quantitative estimate of drug-likeness (QED) is 0.593. The number of nitrogens with two attached hydrogens (primary N) is 1. The predicted molar refractivity (Wildman–Crippen MR) is 85.1 cm³/mol. The van der Waals surface area contributed by atoms with Crippen molar-refractivity contribution in [1.29, 1.82) is 0 Å². The number of para-hydroxylation sites is 1. The van der Waals surface area contributed by atoms with Gasteiger partial charge in [0.2, 0.25) is 0 Å². The fourth-order valence-electron chi connectivity index (χ4n) is 1.77. The van der Waals surface area contributed by atoms with Gasteiger partial charge in [-0.1, -0.05) is 30.3 Å². The molecule has 0 aromatic heterocycles. The number of hydrogen-bond acceptors (Lipinski definition) is 2. The Morgan fingerprint density at radius 1 is 1.16 bits per heavy atom. The Labute approximate surface area is 118 Å². The van der Waals surface area contributed by atoms with E-state index in [1.54, 1.807) is 0 Å². The topological polar surface area (TPSA) is 50.1 Å². The fraction of sp³-hybridized carbons (Fsp3) is 0.133. The van der Waals surface area contributed by atoms with Crippen LogP contribution in [0.15, 0.2) is 48.5 Å². The molecule has 98 valence electrons. The molecule has 2 aromatic carbocycles. The van der Waals surface area contributed by atoms with Gasteiger partial charge in [0.15, 0.2) is 5.11 Å². The second-order valence-electron chi connectivity index (χ2n) is 4.38. The maximum Gasteiger partial charge on any atom is 0.171 e. The summed E-state index contributed by atoms with van der Waals surface area (Å²) in [5.74, 6) is 0. The van der Waals surface area contributed by atoms with Crippen molar-refractivity contribution in [2.75, 3.05) is 11.1 Å². The molecule has 0 unspecified atom stereocenters. The van der Waals surface area contributed by atoms with Gasteiger partial charge in [-0.15, -0.1) is 0 Å². The number of nitrogen functional groups attached to an aromatic ring is 1. The van der Waals surface area contributed by atoms with Gasteiger partial charge in [0, 0.05) is 17.9 Å². The molecule has 0 fully saturated rings. The highest BCUT2D eigenvalue weighted by Gasteiger charge is 2.00. The van der Waals surface area contributed by atoms with Crippen molar-refractivity contribution in [1.82, 2.24) is 5.32 Å². The summed E-state index contributed by atoms with van der Waals surface area (Å²) in [6.07, 6.45) is 0. The van der Waals surface area contributed by atoms with Gasteiger partial charge in [0.25, 0.3) is 0 Å². The summed E-state index contributed by atoms with van der Waals surface area (Å²) < 4.78 is 0. The van der Waals surface area contributed by atoms with Crippen molar-refractivity contribution in [2.45, 2.75) is 13.5 Å². The number of hydrogen-bond donors (Lipinski definition) is 3. The Morgan fingerprint density at radius 3 is 2.68 bits per heavy atom.